The Kier molecular flexibility index (Phi) is 5.67. The fraction of sp³-hybridized carbons (Fsp3) is 0.278. The van der Waals surface area contributed by atoms with E-state index >= 15 is 0 Å². The first-order valence-corrected chi connectivity index (χ1v) is 7.44. The SMILES string of the molecule is C[C@@H](NC(=O)C[NH+](C)Cc1ccc(F)cc1)c1ccccc1. The van der Waals surface area contributed by atoms with Gasteiger partial charge in [0.25, 0.3) is 5.91 Å². The second-order valence-electron chi connectivity index (χ2n) is 5.64. The number of carbonyl (C=O) groups is 1. The molecule has 0 aromatic heterocycles. The lowest BCUT2D eigenvalue weighted by molar-refractivity contribution is -0.885. The van der Waals surface area contributed by atoms with Gasteiger partial charge in [-0.25, -0.2) is 4.39 Å². The number of amides is 1. The van der Waals surface area contributed by atoms with Gasteiger partial charge in [-0.15, -0.1) is 0 Å². The predicted octanol–water partition coefficient (Wildman–Crippen LogP) is 1.72. The first-order valence-electron chi connectivity index (χ1n) is 7.44. The zero-order chi connectivity index (χ0) is 15.9. The summed E-state index contributed by atoms with van der Waals surface area (Å²) < 4.78 is 12.9. The van der Waals surface area contributed by atoms with Crippen molar-refractivity contribution in [3.8, 4) is 0 Å². The Labute approximate surface area is 130 Å². The molecule has 2 N–H and O–H groups in total. The van der Waals surface area contributed by atoms with E-state index in [0.717, 1.165) is 16.0 Å². The second-order valence-corrected chi connectivity index (χ2v) is 5.64. The first-order chi connectivity index (χ1) is 10.5. The van der Waals surface area contributed by atoms with Gasteiger partial charge >= 0.3 is 0 Å². The molecule has 3 nitrogen and oxygen atoms in total. The molecule has 0 saturated carbocycles. The van der Waals surface area contributed by atoms with E-state index < -0.39 is 0 Å². The Morgan fingerprint density at radius 3 is 2.41 bits per heavy atom. The highest BCUT2D eigenvalue weighted by Crippen LogP contribution is 2.10. The summed E-state index contributed by atoms with van der Waals surface area (Å²) in [4.78, 5) is 13.1. The zero-order valence-corrected chi connectivity index (χ0v) is 13.0. The Morgan fingerprint density at radius 2 is 1.77 bits per heavy atom. The van der Waals surface area contributed by atoms with Crippen LogP contribution < -0.4 is 10.2 Å². The fourth-order valence-corrected chi connectivity index (χ4v) is 2.40. The number of halogens is 1. The van der Waals surface area contributed by atoms with Crippen LogP contribution in [0.25, 0.3) is 0 Å². The number of hydrogen-bond acceptors (Lipinski definition) is 1. The molecule has 2 rings (SSSR count). The second kappa shape index (κ2) is 7.71. The molecule has 0 aliphatic rings. The third-order valence-corrected chi connectivity index (χ3v) is 3.56. The lowest BCUT2D eigenvalue weighted by Gasteiger charge is -2.17. The molecular formula is C18H22FN2O+. The average Bonchev–Trinajstić information content (AvgIpc) is 2.50. The lowest BCUT2D eigenvalue weighted by atomic mass is 10.1. The minimum absolute atomic E-state index is 0.00711. The maximum atomic E-state index is 12.9. The van der Waals surface area contributed by atoms with Gasteiger partial charge in [0.15, 0.2) is 6.54 Å². The highest BCUT2D eigenvalue weighted by molar-refractivity contribution is 5.77. The highest BCUT2D eigenvalue weighted by atomic mass is 19.1. The van der Waals surface area contributed by atoms with Crippen LogP contribution in [0, 0.1) is 5.82 Å². The van der Waals surface area contributed by atoms with Crippen molar-refractivity contribution >= 4 is 5.91 Å². The topological polar surface area (TPSA) is 33.5 Å². The summed E-state index contributed by atoms with van der Waals surface area (Å²) in [6.07, 6.45) is 0. The monoisotopic (exact) mass is 301 g/mol. The van der Waals surface area contributed by atoms with Crippen molar-refractivity contribution < 1.29 is 14.1 Å². The molecule has 0 fully saturated rings. The molecule has 2 aromatic carbocycles. The summed E-state index contributed by atoms with van der Waals surface area (Å²) in [5.74, 6) is -0.230. The number of carbonyl (C=O) groups excluding carboxylic acids is 1. The van der Waals surface area contributed by atoms with Crippen LogP contribution in [-0.2, 0) is 11.3 Å². The maximum Gasteiger partial charge on any atom is 0.275 e. The molecule has 0 saturated heterocycles. The van der Waals surface area contributed by atoms with Gasteiger partial charge in [0.05, 0.1) is 13.1 Å². The highest BCUT2D eigenvalue weighted by Gasteiger charge is 2.14. The van der Waals surface area contributed by atoms with Gasteiger partial charge in [-0.05, 0) is 24.6 Å². The third-order valence-electron chi connectivity index (χ3n) is 3.56. The largest absolute Gasteiger partial charge is 0.345 e. The number of nitrogens with one attached hydrogen (secondary N) is 2. The molecule has 0 bridgehead atoms. The average molecular weight is 301 g/mol. The van der Waals surface area contributed by atoms with Crippen LogP contribution in [-0.4, -0.2) is 19.5 Å². The standard InChI is InChI=1S/C18H21FN2O/c1-14(16-6-4-3-5-7-16)20-18(22)13-21(2)12-15-8-10-17(19)11-9-15/h3-11,14H,12-13H2,1-2H3,(H,20,22)/p+1/t14-/m1/s1. The van der Waals surface area contributed by atoms with E-state index in [1.807, 2.05) is 44.3 Å². The van der Waals surface area contributed by atoms with Crippen molar-refractivity contribution in [2.75, 3.05) is 13.6 Å². The number of hydrogen-bond donors (Lipinski definition) is 2. The van der Waals surface area contributed by atoms with E-state index in [1.165, 1.54) is 12.1 Å². The summed E-state index contributed by atoms with van der Waals surface area (Å²) in [6, 6.07) is 16.3. The van der Waals surface area contributed by atoms with Crippen molar-refractivity contribution in [1.29, 1.82) is 0 Å². The molecule has 4 heteroatoms. The smallest absolute Gasteiger partial charge is 0.275 e. The molecular weight excluding hydrogens is 279 g/mol. The Balaban J connectivity index is 1.82. The van der Waals surface area contributed by atoms with Crippen molar-refractivity contribution in [2.24, 2.45) is 0 Å². The molecule has 2 aromatic rings. The molecule has 0 heterocycles. The van der Waals surface area contributed by atoms with Crippen LogP contribution in [0.15, 0.2) is 54.6 Å². The zero-order valence-electron chi connectivity index (χ0n) is 13.0. The van der Waals surface area contributed by atoms with Crippen LogP contribution in [0.2, 0.25) is 0 Å². The number of likely N-dealkylation sites (N-methyl/N-ethyl adjacent to an activating group) is 1. The summed E-state index contributed by atoms with van der Waals surface area (Å²) in [7, 11) is 1.95. The van der Waals surface area contributed by atoms with Crippen molar-refractivity contribution in [1.82, 2.24) is 5.32 Å². The van der Waals surface area contributed by atoms with E-state index in [-0.39, 0.29) is 17.8 Å². The molecule has 116 valence electrons. The molecule has 22 heavy (non-hydrogen) atoms. The van der Waals surface area contributed by atoms with Crippen LogP contribution in [0.1, 0.15) is 24.1 Å². The number of rotatable bonds is 6. The summed E-state index contributed by atoms with van der Waals surface area (Å²) >= 11 is 0. The van der Waals surface area contributed by atoms with Crippen molar-refractivity contribution in [3.63, 3.8) is 0 Å². The molecule has 1 unspecified atom stereocenters. The van der Waals surface area contributed by atoms with E-state index in [0.29, 0.717) is 13.1 Å². The third kappa shape index (κ3) is 4.97. The van der Waals surface area contributed by atoms with Gasteiger partial charge in [-0.1, -0.05) is 42.5 Å². The van der Waals surface area contributed by atoms with Gasteiger partial charge < -0.3 is 10.2 Å². The summed E-state index contributed by atoms with van der Waals surface area (Å²) in [5.41, 5.74) is 2.11. The number of benzene rings is 2. The van der Waals surface area contributed by atoms with E-state index in [1.54, 1.807) is 12.1 Å². The number of quaternary nitrogens is 1. The van der Waals surface area contributed by atoms with Crippen molar-refractivity contribution in [3.05, 3.63) is 71.5 Å². The fourth-order valence-electron chi connectivity index (χ4n) is 2.40. The Bertz CT molecular complexity index is 598. The molecule has 0 aliphatic heterocycles. The van der Waals surface area contributed by atoms with Gasteiger partial charge in [0, 0.05) is 5.56 Å². The van der Waals surface area contributed by atoms with E-state index in [2.05, 4.69) is 5.32 Å². The quantitative estimate of drug-likeness (QED) is 0.837. The first kappa shape index (κ1) is 16.2. The lowest BCUT2D eigenvalue weighted by Crippen LogP contribution is -3.08. The normalized spacial score (nSPS) is 13.4. The van der Waals surface area contributed by atoms with Gasteiger partial charge in [-0.3, -0.25) is 4.79 Å². The van der Waals surface area contributed by atoms with E-state index in [4.69, 9.17) is 0 Å². The summed E-state index contributed by atoms with van der Waals surface area (Å²) in [5, 5.41) is 3.00. The Hall–Kier alpha value is -2.20. The minimum Gasteiger partial charge on any atom is -0.345 e. The van der Waals surface area contributed by atoms with Crippen LogP contribution in [0.4, 0.5) is 4.39 Å². The van der Waals surface area contributed by atoms with E-state index in [9.17, 15) is 9.18 Å². The maximum absolute atomic E-state index is 12.9. The van der Waals surface area contributed by atoms with Crippen LogP contribution >= 0.6 is 0 Å². The van der Waals surface area contributed by atoms with Gasteiger partial charge in [-0.2, -0.15) is 0 Å². The molecule has 0 spiro atoms. The predicted molar refractivity (Wildman–Crippen MR) is 84.9 cm³/mol. The van der Waals surface area contributed by atoms with Gasteiger partial charge in [0.1, 0.15) is 12.4 Å². The van der Waals surface area contributed by atoms with Crippen molar-refractivity contribution in [2.45, 2.75) is 19.5 Å². The molecule has 1 amide bonds. The Morgan fingerprint density at radius 1 is 1.14 bits per heavy atom. The van der Waals surface area contributed by atoms with Crippen LogP contribution in [0.5, 0.6) is 0 Å². The molecule has 0 radical (unpaired) electrons. The van der Waals surface area contributed by atoms with Gasteiger partial charge in [0.2, 0.25) is 0 Å². The summed E-state index contributed by atoms with van der Waals surface area (Å²) in [6.45, 7) is 3.05. The minimum atomic E-state index is -0.240. The molecule has 0 aliphatic carbocycles. The molecule has 2 atom stereocenters. The van der Waals surface area contributed by atoms with Crippen LogP contribution in [0.3, 0.4) is 0 Å².